The molecule has 2 rings (SSSR count). The van der Waals surface area contributed by atoms with E-state index in [4.69, 9.17) is 0 Å². The normalized spacial score (nSPS) is 27.3. The SMILES string of the molecule is CCCCCCC[C@H](O)/C=C/[C@@H]1[C@H]2CC(CCCCC(=O)N(C)C)=C[C@H]2C[C@H]1O. The number of aliphatic hydroxyl groups excluding tert-OH is 2. The van der Waals surface area contributed by atoms with E-state index < -0.39 is 0 Å². The van der Waals surface area contributed by atoms with Crippen molar-refractivity contribution in [2.75, 3.05) is 14.1 Å². The molecule has 0 aliphatic heterocycles. The summed E-state index contributed by atoms with van der Waals surface area (Å²) < 4.78 is 0. The van der Waals surface area contributed by atoms with Crippen LogP contribution in [-0.4, -0.2) is 47.3 Å². The molecule has 2 aliphatic rings. The number of allylic oxidation sites excluding steroid dienone is 2. The smallest absolute Gasteiger partial charge is 0.222 e. The molecule has 0 unspecified atom stereocenters. The summed E-state index contributed by atoms with van der Waals surface area (Å²) in [6, 6.07) is 0. The second-order valence-electron chi connectivity index (χ2n) is 9.39. The Labute approximate surface area is 178 Å². The van der Waals surface area contributed by atoms with Gasteiger partial charge < -0.3 is 15.1 Å². The number of carbonyl (C=O) groups excluding carboxylic acids is 1. The molecule has 1 saturated carbocycles. The van der Waals surface area contributed by atoms with Gasteiger partial charge in [-0.15, -0.1) is 0 Å². The number of aliphatic hydroxyl groups is 2. The lowest BCUT2D eigenvalue weighted by molar-refractivity contribution is -0.128. The molecule has 1 amide bonds. The van der Waals surface area contributed by atoms with Crippen LogP contribution in [0.15, 0.2) is 23.8 Å². The minimum absolute atomic E-state index is 0.166. The minimum atomic E-state index is -0.383. The Bertz CT molecular complexity index is 554. The van der Waals surface area contributed by atoms with Gasteiger partial charge >= 0.3 is 0 Å². The minimum Gasteiger partial charge on any atom is -0.392 e. The van der Waals surface area contributed by atoms with Gasteiger partial charge in [-0.1, -0.05) is 62.8 Å². The molecule has 166 valence electrons. The maximum Gasteiger partial charge on any atom is 0.222 e. The molecule has 0 aromatic carbocycles. The molecule has 5 atom stereocenters. The third kappa shape index (κ3) is 7.90. The number of rotatable bonds is 13. The lowest BCUT2D eigenvalue weighted by Gasteiger charge is -2.19. The first kappa shape index (κ1) is 24.1. The summed E-state index contributed by atoms with van der Waals surface area (Å²) in [5, 5.41) is 20.7. The fraction of sp³-hybridized carbons (Fsp3) is 0.800. The number of unbranched alkanes of at least 4 members (excludes halogenated alkanes) is 5. The third-order valence-corrected chi connectivity index (χ3v) is 6.75. The zero-order valence-electron chi connectivity index (χ0n) is 18.9. The van der Waals surface area contributed by atoms with Crippen molar-refractivity contribution in [1.82, 2.24) is 4.90 Å². The summed E-state index contributed by atoms with van der Waals surface area (Å²) in [4.78, 5) is 13.3. The zero-order chi connectivity index (χ0) is 21.2. The van der Waals surface area contributed by atoms with Crippen LogP contribution in [0.3, 0.4) is 0 Å². The van der Waals surface area contributed by atoms with Crippen molar-refractivity contribution in [3.63, 3.8) is 0 Å². The van der Waals surface area contributed by atoms with E-state index in [0.717, 1.165) is 44.9 Å². The van der Waals surface area contributed by atoms with Gasteiger partial charge in [-0.25, -0.2) is 0 Å². The molecule has 2 aliphatic carbocycles. The molecule has 4 heteroatoms. The Kier molecular flexibility index (Phi) is 10.4. The molecule has 0 radical (unpaired) electrons. The van der Waals surface area contributed by atoms with E-state index >= 15 is 0 Å². The quantitative estimate of drug-likeness (QED) is 0.340. The van der Waals surface area contributed by atoms with Gasteiger partial charge in [0.2, 0.25) is 5.91 Å². The fourth-order valence-electron chi connectivity index (χ4n) is 4.95. The highest BCUT2D eigenvalue weighted by atomic mass is 16.3. The standard InChI is InChI=1S/C25H43NO3/c1-4-5-6-7-8-12-21(27)14-15-22-23-17-19(16-20(23)18-24(22)28)11-9-10-13-25(29)26(2)3/h14-16,20-24,27-28H,4-13,17-18H2,1-3H3/b15-14+/t20-,21-,22+,23-,24+/m0/s1. The molecular weight excluding hydrogens is 362 g/mol. The number of hydrogen-bond donors (Lipinski definition) is 2. The number of amides is 1. The van der Waals surface area contributed by atoms with E-state index in [9.17, 15) is 15.0 Å². The van der Waals surface area contributed by atoms with Crippen LogP contribution >= 0.6 is 0 Å². The van der Waals surface area contributed by atoms with Gasteiger partial charge in [-0.2, -0.15) is 0 Å². The van der Waals surface area contributed by atoms with Crippen molar-refractivity contribution in [3.05, 3.63) is 23.8 Å². The van der Waals surface area contributed by atoms with Gasteiger partial charge in [-0.05, 0) is 50.4 Å². The van der Waals surface area contributed by atoms with Crippen molar-refractivity contribution >= 4 is 5.91 Å². The molecule has 0 spiro atoms. The van der Waals surface area contributed by atoms with Gasteiger partial charge in [0, 0.05) is 26.4 Å². The highest BCUT2D eigenvalue weighted by Gasteiger charge is 2.43. The monoisotopic (exact) mass is 405 g/mol. The lowest BCUT2D eigenvalue weighted by atomic mass is 9.88. The second kappa shape index (κ2) is 12.5. The first-order valence-electron chi connectivity index (χ1n) is 11.9. The molecule has 0 heterocycles. The van der Waals surface area contributed by atoms with Crippen LogP contribution in [0.1, 0.15) is 84.0 Å². The molecule has 0 bridgehead atoms. The van der Waals surface area contributed by atoms with Crippen molar-refractivity contribution < 1.29 is 15.0 Å². The van der Waals surface area contributed by atoms with Crippen LogP contribution in [0.4, 0.5) is 0 Å². The van der Waals surface area contributed by atoms with E-state index in [0.29, 0.717) is 18.3 Å². The van der Waals surface area contributed by atoms with Crippen LogP contribution in [-0.2, 0) is 4.79 Å². The predicted octanol–water partition coefficient (Wildman–Crippen LogP) is 4.86. The summed E-state index contributed by atoms with van der Waals surface area (Å²) in [7, 11) is 3.62. The molecule has 2 N–H and O–H groups in total. The summed E-state index contributed by atoms with van der Waals surface area (Å²) >= 11 is 0. The van der Waals surface area contributed by atoms with E-state index in [1.54, 1.807) is 4.90 Å². The van der Waals surface area contributed by atoms with Crippen LogP contribution in [0.2, 0.25) is 0 Å². The van der Waals surface area contributed by atoms with E-state index in [-0.39, 0.29) is 24.0 Å². The van der Waals surface area contributed by atoms with Gasteiger partial charge in [0.15, 0.2) is 0 Å². The number of hydrogen-bond acceptors (Lipinski definition) is 3. The Balaban J connectivity index is 1.71. The average molecular weight is 406 g/mol. The molecule has 0 saturated heterocycles. The van der Waals surface area contributed by atoms with E-state index in [2.05, 4.69) is 19.1 Å². The molecular formula is C25H43NO3. The maximum atomic E-state index is 11.7. The topological polar surface area (TPSA) is 60.8 Å². The Morgan fingerprint density at radius 2 is 1.97 bits per heavy atom. The highest BCUT2D eigenvalue weighted by molar-refractivity contribution is 5.75. The highest BCUT2D eigenvalue weighted by Crippen LogP contribution is 2.48. The molecule has 4 nitrogen and oxygen atoms in total. The number of carbonyl (C=O) groups is 1. The van der Waals surface area contributed by atoms with Crippen LogP contribution in [0, 0.1) is 17.8 Å². The maximum absolute atomic E-state index is 11.7. The summed E-state index contributed by atoms with van der Waals surface area (Å²) in [6.07, 6.45) is 18.2. The third-order valence-electron chi connectivity index (χ3n) is 6.75. The zero-order valence-corrected chi connectivity index (χ0v) is 18.9. The van der Waals surface area contributed by atoms with Crippen LogP contribution in [0.5, 0.6) is 0 Å². The Morgan fingerprint density at radius 1 is 1.21 bits per heavy atom. The summed E-state index contributed by atoms with van der Waals surface area (Å²) in [5.74, 6) is 1.33. The van der Waals surface area contributed by atoms with Gasteiger partial charge in [0.05, 0.1) is 12.2 Å². The number of nitrogens with zero attached hydrogens (tertiary/aromatic N) is 1. The van der Waals surface area contributed by atoms with Crippen molar-refractivity contribution in [3.8, 4) is 0 Å². The van der Waals surface area contributed by atoms with Gasteiger partial charge in [0.25, 0.3) is 0 Å². The largest absolute Gasteiger partial charge is 0.392 e. The fourth-order valence-corrected chi connectivity index (χ4v) is 4.95. The number of fused-ring (bicyclic) bond motifs is 1. The summed E-state index contributed by atoms with van der Waals surface area (Å²) in [5.41, 5.74) is 1.50. The van der Waals surface area contributed by atoms with Crippen LogP contribution < -0.4 is 0 Å². The Hall–Kier alpha value is -1.13. The van der Waals surface area contributed by atoms with E-state index in [1.807, 2.05) is 20.2 Å². The molecule has 0 aromatic heterocycles. The Morgan fingerprint density at radius 3 is 2.69 bits per heavy atom. The first-order chi connectivity index (χ1) is 13.9. The summed E-state index contributed by atoms with van der Waals surface area (Å²) in [6.45, 7) is 2.22. The average Bonchev–Trinajstić information content (AvgIpc) is 3.19. The molecule has 1 fully saturated rings. The van der Waals surface area contributed by atoms with Crippen molar-refractivity contribution in [2.24, 2.45) is 17.8 Å². The second-order valence-corrected chi connectivity index (χ2v) is 9.39. The molecule has 29 heavy (non-hydrogen) atoms. The molecule has 0 aromatic rings. The predicted molar refractivity (Wildman–Crippen MR) is 119 cm³/mol. The van der Waals surface area contributed by atoms with Gasteiger partial charge in [0.1, 0.15) is 0 Å². The first-order valence-corrected chi connectivity index (χ1v) is 11.9. The van der Waals surface area contributed by atoms with E-state index in [1.165, 1.54) is 31.3 Å². The van der Waals surface area contributed by atoms with Crippen molar-refractivity contribution in [2.45, 2.75) is 96.2 Å². The van der Waals surface area contributed by atoms with Crippen molar-refractivity contribution in [1.29, 1.82) is 0 Å². The van der Waals surface area contributed by atoms with Crippen LogP contribution in [0.25, 0.3) is 0 Å². The lowest BCUT2D eigenvalue weighted by Crippen LogP contribution is -2.21. The van der Waals surface area contributed by atoms with Gasteiger partial charge in [-0.3, -0.25) is 4.79 Å².